The molecule has 5 bridgehead atoms. The number of carbonyl (C=O) groups excluding carboxylic acids is 1. The molecule has 1 spiro atoms. The normalized spacial score (nSPS) is 52.2. The zero-order chi connectivity index (χ0) is 20.3. The minimum atomic E-state index is -0.650. The molecule has 0 aromatic heterocycles. The highest BCUT2D eigenvalue weighted by Crippen LogP contribution is 2.73. The van der Waals surface area contributed by atoms with Gasteiger partial charge in [-0.2, -0.15) is 0 Å². The lowest BCUT2D eigenvalue weighted by Crippen LogP contribution is -2.61. The van der Waals surface area contributed by atoms with E-state index in [1.54, 1.807) is 14.0 Å². The summed E-state index contributed by atoms with van der Waals surface area (Å²) in [5.74, 6) is 1.15. The maximum Gasteiger partial charge on any atom is 0.343 e. The molecule has 6 aliphatic heterocycles. The Kier molecular flexibility index (Phi) is 3.49. The van der Waals surface area contributed by atoms with Crippen molar-refractivity contribution < 1.29 is 28.8 Å². The summed E-state index contributed by atoms with van der Waals surface area (Å²) in [5.41, 5.74) is 0.451. The quantitative estimate of drug-likeness (QED) is 0.720. The first-order valence-electron chi connectivity index (χ1n) is 10.9. The van der Waals surface area contributed by atoms with E-state index in [0.717, 1.165) is 32.2 Å². The van der Waals surface area contributed by atoms with E-state index in [2.05, 4.69) is 11.8 Å². The summed E-state index contributed by atoms with van der Waals surface area (Å²) in [6.07, 6.45) is 3.61. The lowest BCUT2D eigenvalue weighted by atomic mass is 9.69. The number of allylic oxidation sites excluding steroid dienone is 1. The number of fused-ring (bicyclic) bond motifs is 1. The summed E-state index contributed by atoms with van der Waals surface area (Å²) < 4.78 is 24.5. The van der Waals surface area contributed by atoms with Crippen LogP contribution in [0.2, 0.25) is 0 Å². The molecule has 0 saturated carbocycles. The summed E-state index contributed by atoms with van der Waals surface area (Å²) in [6, 6.07) is 0.405. The Balaban J connectivity index is 1.44. The first kappa shape index (κ1) is 18.2. The fourth-order valence-electron chi connectivity index (χ4n) is 7.62. The number of cyclic esters (lactones) is 1. The maximum atomic E-state index is 12.2. The van der Waals surface area contributed by atoms with Crippen LogP contribution < -0.4 is 0 Å². The van der Waals surface area contributed by atoms with Crippen molar-refractivity contribution in [2.75, 3.05) is 13.7 Å². The molecule has 0 aliphatic carbocycles. The van der Waals surface area contributed by atoms with Gasteiger partial charge < -0.3 is 24.1 Å². The molecule has 6 heterocycles. The van der Waals surface area contributed by atoms with Gasteiger partial charge in [0.15, 0.2) is 5.76 Å². The number of aliphatic hydroxyl groups excluding tert-OH is 1. The van der Waals surface area contributed by atoms with Crippen molar-refractivity contribution in [2.24, 2.45) is 17.8 Å². The molecule has 6 unspecified atom stereocenters. The SMILES string of the molecule is COC1=C(C)C(=O)O/C1=C1\O[C@@]23OC4CC(C2[C@H]1C)N1CCC3C41CC[C@@H](C)O. The van der Waals surface area contributed by atoms with Crippen molar-refractivity contribution in [2.45, 2.75) is 76.0 Å². The molecule has 5 saturated heterocycles. The van der Waals surface area contributed by atoms with Gasteiger partial charge in [-0.1, -0.05) is 6.92 Å². The lowest BCUT2D eigenvalue weighted by Gasteiger charge is -2.48. The van der Waals surface area contributed by atoms with E-state index in [1.165, 1.54) is 0 Å². The van der Waals surface area contributed by atoms with Crippen molar-refractivity contribution in [3.8, 4) is 0 Å². The smallest absolute Gasteiger partial charge is 0.343 e. The van der Waals surface area contributed by atoms with E-state index in [9.17, 15) is 9.90 Å². The van der Waals surface area contributed by atoms with Crippen LogP contribution in [0.4, 0.5) is 0 Å². The van der Waals surface area contributed by atoms with E-state index >= 15 is 0 Å². The van der Waals surface area contributed by atoms with Gasteiger partial charge >= 0.3 is 5.97 Å². The second kappa shape index (κ2) is 5.56. The van der Waals surface area contributed by atoms with Crippen LogP contribution in [0, 0.1) is 17.8 Å². The Hall–Kier alpha value is -1.57. The van der Waals surface area contributed by atoms with Gasteiger partial charge in [-0.3, -0.25) is 4.90 Å². The molecule has 0 radical (unpaired) electrons. The van der Waals surface area contributed by atoms with E-state index in [1.807, 2.05) is 6.92 Å². The topological polar surface area (TPSA) is 77.5 Å². The standard InChI is InChI=1S/C22H29NO6/c1-10(24)5-7-21-14-6-8-23(21)13-9-15(21)28-22(14)16(13)11(2)18(29-22)19-17(26-4)12(3)20(25)27-19/h10-11,13-16,24H,5-9H2,1-4H3/b19-18-/t10-,11-,13?,14?,15?,16?,21?,22-/m1/s1. The zero-order valence-electron chi connectivity index (χ0n) is 17.4. The van der Waals surface area contributed by atoms with Gasteiger partial charge in [-0.25, -0.2) is 4.79 Å². The average Bonchev–Trinajstić information content (AvgIpc) is 3.38. The van der Waals surface area contributed by atoms with Crippen molar-refractivity contribution in [1.82, 2.24) is 4.90 Å². The summed E-state index contributed by atoms with van der Waals surface area (Å²) in [6.45, 7) is 6.82. The number of rotatable bonds is 4. The highest BCUT2D eigenvalue weighted by atomic mass is 16.7. The minimum Gasteiger partial charge on any atom is -0.492 e. The number of ether oxygens (including phenoxy) is 4. The van der Waals surface area contributed by atoms with Gasteiger partial charge in [-0.05, 0) is 46.1 Å². The van der Waals surface area contributed by atoms with Crippen molar-refractivity contribution in [3.05, 3.63) is 22.9 Å². The second-order valence-electron chi connectivity index (χ2n) is 9.70. The minimum absolute atomic E-state index is 0.0276. The van der Waals surface area contributed by atoms with Gasteiger partial charge in [0.1, 0.15) is 5.76 Å². The Bertz CT molecular complexity index is 863. The molecular weight excluding hydrogens is 374 g/mol. The first-order chi connectivity index (χ1) is 13.8. The number of nitrogens with zero attached hydrogens (tertiary/aromatic N) is 1. The van der Waals surface area contributed by atoms with Crippen LogP contribution in [0.1, 0.15) is 46.5 Å². The fraction of sp³-hybridized carbons (Fsp3) is 0.773. The van der Waals surface area contributed by atoms with Gasteiger partial charge in [0.05, 0.1) is 36.3 Å². The van der Waals surface area contributed by atoms with Gasteiger partial charge in [0.2, 0.25) is 11.5 Å². The highest BCUT2D eigenvalue weighted by Gasteiger charge is 2.84. The number of aliphatic hydroxyl groups is 1. The van der Waals surface area contributed by atoms with Gasteiger partial charge in [0, 0.05) is 17.9 Å². The van der Waals surface area contributed by atoms with Crippen LogP contribution in [-0.4, -0.2) is 59.2 Å². The zero-order valence-corrected chi connectivity index (χ0v) is 17.4. The predicted molar refractivity (Wildman–Crippen MR) is 101 cm³/mol. The van der Waals surface area contributed by atoms with Gasteiger partial charge in [-0.15, -0.1) is 0 Å². The molecule has 29 heavy (non-hydrogen) atoms. The van der Waals surface area contributed by atoms with E-state index in [4.69, 9.17) is 18.9 Å². The number of hydrogen-bond acceptors (Lipinski definition) is 7. The Morgan fingerprint density at radius 3 is 2.93 bits per heavy atom. The molecule has 0 aromatic rings. The number of esters is 1. The van der Waals surface area contributed by atoms with E-state index < -0.39 is 5.79 Å². The molecule has 5 fully saturated rings. The Labute approximate surface area is 170 Å². The van der Waals surface area contributed by atoms with Crippen molar-refractivity contribution in [1.29, 1.82) is 0 Å². The predicted octanol–water partition coefficient (Wildman–Crippen LogP) is 2.06. The van der Waals surface area contributed by atoms with Crippen LogP contribution in [0.25, 0.3) is 0 Å². The van der Waals surface area contributed by atoms with E-state index in [-0.39, 0.29) is 41.5 Å². The molecule has 7 heteroatoms. The Morgan fingerprint density at radius 2 is 2.21 bits per heavy atom. The largest absolute Gasteiger partial charge is 0.492 e. The van der Waals surface area contributed by atoms with E-state index in [0.29, 0.717) is 28.9 Å². The summed E-state index contributed by atoms with van der Waals surface area (Å²) in [4.78, 5) is 14.9. The second-order valence-corrected chi connectivity index (χ2v) is 9.70. The van der Waals surface area contributed by atoms with Crippen LogP contribution in [0.5, 0.6) is 0 Å². The average molecular weight is 403 g/mol. The molecular formula is C22H29NO6. The molecule has 0 aromatic carbocycles. The fourth-order valence-corrected chi connectivity index (χ4v) is 7.62. The summed E-state index contributed by atoms with van der Waals surface area (Å²) >= 11 is 0. The van der Waals surface area contributed by atoms with Crippen LogP contribution >= 0.6 is 0 Å². The Morgan fingerprint density at radius 1 is 1.41 bits per heavy atom. The maximum absolute atomic E-state index is 12.2. The van der Waals surface area contributed by atoms with Gasteiger partial charge in [0.25, 0.3) is 0 Å². The molecule has 7 nitrogen and oxygen atoms in total. The number of carbonyl (C=O) groups is 1. The number of methoxy groups -OCH3 is 1. The summed E-state index contributed by atoms with van der Waals surface area (Å²) in [5, 5.41) is 9.95. The van der Waals surface area contributed by atoms with Crippen molar-refractivity contribution >= 4 is 5.97 Å². The lowest BCUT2D eigenvalue weighted by molar-refractivity contribution is -0.256. The molecule has 158 valence electrons. The monoisotopic (exact) mass is 403 g/mol. The molecule has 6 rings (SSSR count). The third-order valence-corrected chi connectivity index (χ3v) is 8.56. The third-order valence-electron chi connectivity index (χ3n) is 8.56. The number of piperidine rings is 1. The first-order valence-corrected chi connectivity index (χ1v) is 10.9. The number of hydrogen-bond donors (Lipinski definition) is 1. The molecule has 0 amide bonds. The third kappa shape index (κ3) is 1.89. The highest BCUT2D eigenvalue weighted by molar-refractivity contribution is 5.93. The van der Waals surface area contributed by atoms with Crippen LogP contribution in [0.15, 0.2) is 22.9 Å². The molecule has 1 N–H and O–H groups in total. The van der Waals surface area contributed by atoms with Crippen LogP contribution in [-0.2, 0) is 23.7 Å². The summed E-state index contributed by atoms with van der Waals surface area (Å²) in [7, 11) is 1.56. The molecule has 9 atom stereocenters. The van der Waals surface area contributed by atoms with Crippen LogP contribution in [0.3, 0.4) is 0 Å². The van der Waals surface area contributed by atoms with Crippen molar-refractivity contribution in [3.63, 3.8) is 0 Å². The molecule has 6 aliphatic rings.